The Bertz CT molecular complexity index is 3570. The first-order valence-electron chi connectivity index (χ1n) is 21.0. The van der Waals surface area contributed by atoms with Crippen LogP contribution in [0.4, 0.5) is 17.1 Å². The Labute approximate surface area is 316 Å². The molecule has 0 fully saturated rings. The van der Waals surface area contributed by atoms with Crippen LogP contribution in [0.1, 0.15) is 9.60 Å². The molecular weight excluding hydrogens is 645 g/mol. The highest BCUT2D eigenvalue weighted by atomic mass is 16.3. The highest BCUT2D eigenvalue weighted by Gasteiger charge is 2.22. The lowest BCUT2D eigenvalue weighted by molar-refractivity contribution is 0.672. The second-order valence-electron chi connectivity index (χ2n) is 13.2. The number of nitrogens with zero attached hydrogens (tertiary/aromatic N) is 2. The van der Waals surface area contributed by atoms with Crippen LogP contribution in [0, 0.1) is 0 Å². The minimum absolute atomic E-state index is 0.00779. The molecule has 9 aromatic carbocycles. The highest BCUT2D eigenvalue weighted by Crippen LogP contribution is 2.46. The maximum Gasteiger partial charge on any atom is 0.143 e. The van der Waals surface area contributed by atoms with Gasteiger partial charge in [-0.1, -0.05) is 127 Å². The zero-order valence-corrected chi connectivity index (χ0v) is 28.2. The summed E-state index contributed by atoms with van der Waals surface area (Å²) in [5.41, 5.74) is 7.74. The monoisotopic (exact) mass is 683 g/mol. The summed E-state index contributed by atoms with van der Waals surface area (Å²) in [6.07, 6.45) is 0. The summed E-state index contributed by atoms with van der Waals surface area (Å²) in [6, 6.07) is 47.7. The molecule has 0 saturated carbocycles. The molecule has 0 radical (unpaired) electrons. The van der Waals surface area contributed by atoms with E-state index in [9.17, 15) is 1.37 Å². The third kappa shape index (κ3) is 4.61. The summed E-state index contributed by atoms with van der Waals surface area (Å²) >= 11 is 0. The van der Waals surface area contributed by atoms with Crippen molar-refractivity contribution in [2.45, 2.75) is 0 Å². The molecule has 0 aliphatic heterocycles. The summed E-state index contributed by atoms with van der Waals surface area (Å²) in [6.45, 7) is 0. The predicted molar refractivity (Wildman–Crippen MR) is 223 cm³/mol. The van der Waals surface area contributed by atoms with Crippen molar-refractivity contribution >= 4 is 82.4 Å². The first-order valence-corrected chi connectivity index (χ1v) is 17.5. The van der Waals surface area contributed by atoms with E-state index in [4.69, 9.17) is 12.6 Å². The van der Waals surface area contributed by atoms with Gasteiger partial charge in [0.2, 0.25) is 0 Å². The van der Waals surface area contributed by atoms with E-state index in [0.29, 0.717) is 22.5 Å². The van der Waals surface area contributed by atoms with Crippen LogP contribution in [-0.2, 0) is 0 Å². The summed E-state index contributed by atoms with van der Waals surface area (Å²) in [4.78, 5) is 1.79. The zero-order valence-electron chi connectivity index (χ0n) is 35.2. The van der Waals surface area contributed by atoms with Gasteiger partial charge >= 0.3 is 0 Å². The van der Waals surface area contributed by atoms with E-state index < -0.39 is 30.2 Å². The molecule has 53 heavy (non-hydrogen) atoms. The van der Waals surface area contributed by atoms with Crippen LogP contribution in [0.2, 0.25) is 0 Å². The van der Waals surface area contributed by atoms with Gasteiger partial charge in [-0.3, -0.25) is 0 Å². The van der Waals surface area contributed by atoms with E-state index in [0.717, 1.165) is 60.2 Å². The summed E-state index contributed by atoms with van der Waals surface area (Å²) in [7, 11) is 0. The Hall–Kier alpha value is -7.10. The fourth-order valence-corrected chi connectivity index (χ4v) is 7.89. The van der Waals surface area contributed by atoms with Gasteiger partial charge in [-0.05, 0) is 88.6 Å². The van der Waals surface area contributed by atoms with Gasteiger partial charge in [0, 0.05) is 38.3 Å². The van der Waals surface area contributed by atoms with Gasteiger partial charge in [-0.15, -0.1) is 0 Å². The Kier molecular flexibility index (Phi) is 5.18. The Morgan fingerprint density at radius 3 is 2.13 bits per heavy atom. The van der Waals surface area contributed by atoms with Gasteiger partial charge in [0.1, 0.15) is 11.2 Å². The zero-order chi connectivity index (χ0) is 41.0. The van der Waals surface area contributed by atoms with E-state index in [-0.39, 0.29) is 28.5 Å². The molecule has 11 rings (SSSR count). The minimum Gasteiger partial charge on any atom is -0.455 e. The second kappa shape index (κ2) is 11.7. The SMILES string of the molecule is [2H]c1c([2H])c([2H])c2c(N(c3ccc(-c4ccc5c(c4)c4ccccc4n5-c4ccccc4)cc3)c3cccc4oc5c6ccccc6ccc5c34)c([2H])c([2H])c([2H])c2c1[2H]. The third-order valence-electron chi connectivity index (χ3n) is 10.3. The minimum atomic E-state index is -0.501. The molecular formula is C50H32N2O. The lowest BCUT2D eigenvalue weighted by Gasteiger charge is -2.27. The Morgan fingerprint density at radius 2 is 1.23 bits per heavy atom. The number of benzene rings is 9. The standard InChI is InChI=1S/C50H32N2O/c1-2-15-37(16-3-1)51-45-20-9-8-19-41(45)43-32-36(27-31-46(43)51)33-24-28-38(29-25-33)52(44-21-10-14-34-12-4-6-17-39(34)44)47-22-11-23-48-49(47)42-30-26-35-13-5-7-18-40(35)50(42)53-48/h1-32H/i4D,6D,10D,12D,14D,17D,21D. The molecule has 0 amide bonds. The predicted octanol–water partition coefficient (Wildman–Crippen LogP) is 14.1. The van der Waals surface area contributed by atoms with Crippen molar-refractivity contribution in [2.75, 3.05) is 4.90 Å². The molecule has 11 aromatic rings. The lowest BCUT2D eigenvalue weighted by Crippen LogP contribution is -2.10. The number of para-hydroxylation sites is 2. The van der Waals surface area contributed by atoms with E-state index in [1.54, 1.807) is 4.90 Å². The van der Waals surface area contributed by atoms with Crippen LogP contribution in [0.25, 0.3) is 82.1 Å². The molecule has 0 spiro atoms. The van der Waals surface area contributed by atoms with Gasteiger partial charge in [-0.2, -0.15) is 0 Å². The molecule has 0 saturated heterocycles. The molecule has 3 nitrogen and oxygen atoms in total. The average Bonchev–Trinajstić information content (AvgIpc) is 3.84. The van der Waals surface area contributed by atoms with Crippen LogP contribution in [-0.4, -0.2) is 4.57 Å². The van der Waals surface area contributed by atoms with Crippen LogP contribution in [0.5, 0.6) is 0 Å². The Morgan fingerprint density at radius 1 is 0.472 bits per heavy atom. The molecule has 0 aliphatic rings. The molecule has 0 atom stereocenters. The van der Waals surface area contributed by atoms with Crippen molar-refractivity contribution in [3.63, 3.8) is 0 Å². The molecule has 0 aliphatic carbocycles. The molecule has 0 N–H and O–H groups in total. The van der Waals surface area contributed by atoms with Crippen molar-refractivity contribution in [3.8, 4) is 16.8 Å². The van der Waals surface area contributed by atoms with E-state index >= 15 is 0 Å². The van der Waals surface area contributed by atoms with E-state index in [2.05, 4.69) is 59.2 Å². The van der Waals surface area contributed by atoms with Gasteiger partial charge in [-0.25, -0.2) is 0 Å². The summed E-state index contributed by atoms with van der Waals surface area (Å²) in [5.74, 6) is 0. The second-order valence-corrected chi connectivity index (χ2v) is 13.2. The highest BCUT2D eigenvalue weighted by molar-refractivity contribution is 6.20. The maximum atomic E-state index is 9.44. The first-order chi connectivity index (χ1) is 29.2. The van der Waals surface area contributed by atoms with Crippen molar-refractivity contribution < 1.29 is 14.0 Å². The molecule has 2 heterocycles. The van der Waals surface area contributed by atoms with Crippen molar-refractivity contribution in [3.05, 3.63) is 194 Å². The van der Waals surface area contributed by atoms with Gasteiger partial charge in [0.05, 0.1) is 37.4 Å². The number of aromatic nitrogens is 1. The third-order valence-corrected chi connectivity index (χ3v) is 10.3. The number of anilines is 3. The van der Waals surface area contributed by atoms with Gasteiger partial charge in [0.25, 0.3) is 0 Å². The summed E-state index contributed by atoms with van der Waals surface area (Å²) in [5, 5.41) is 5.64. The number of fused-ring (bicyclic) bond motifs is 9. The van der Waals surface area contributed by atoms with Crippen molar-refractivity contribution in [2.24, 2.45) is 0 Å². The first kappa shape index (κ1) is 23.4. The largest absolute Gasteiger partial charge is 0.455 e. The van der Waals surface area contributed by atoms with E-state index in [1.807, 2.05) is 97.1 Å². The van der Waals surface area contributed by atoms with Crippen molar-refractivity contribution in [1.82, 2.24) is 4.57 Å². The lowest BCUT2D eigenvalue weighted by atomic mass is 10.0. The van der Waals surface area contributed by atoms with Gasteiger partial charge in [0.15, 0.2) is 0 Å². The van der Waals surface area contributed by atoms with Crippen LogP contribution in [0.15, 0.2) is 198 Å². The van der Waals surface area contributed by atoms with E-state index in [1.165, 1.54) is 0 Å². The normalized spacial score (nSPS) is 13.6. The van der Waals surface area contributed by atoms with Crippen LogP contribution >= 0.6 is 0 Å². The molecule has 0 bridgehead atoms. The summed E-state index contributed by atoms with van der Waals surface area (Å²) < 4.78 is 71.3. The van der Waals surface area contributed by atoms with Gasteiger partial charge < -0.3 is 13.9 Å². The number of furan rings is 1. The topological polar surface area (TPSA) is 21.3 Å². The van der Waals surface area contributed by atoms with Crippen LogP contribution < -0.4 is 4.90 Å². The number of hydrogen-bond acceptors (Lipinski definition) is 2. The molecule has 0 unspecified atom stereocenters. The van der Waals surface area contributed by atoms with Crippen LogP contribution in [0.3, 0.4) is 0 Å². The fraction of sp³-hybridized carbons (Fsp3) is 0. The Balaban J connectivity index is 1.16. The fourth-order valence-electron chi connectivity index (χ4n) is 7.89. The molecule has 3 heteroatoms. The number of hydrogen-bond donors (Lipinski definition) is 0. The average molecular weight is 684 g/mol. The quantitative estimate of drug-likeness (QED) is 0.180. The molecule has 248 valence electrons. The number of rotatable bonds is 5. The van der Waals surface area contributed by atoms with Crippen molar-refractivity contribution in [1.29, 1.82) is 0 Å². The smallest absolute Gasteiger partial charge is 0.143 e. The maximum absolute atomic E-state index is 9.44. The molecule has 2 aromatic heterocycles.